The second kappa shape index (κ2) is 5.52. The summed E-state index contributed by atoms with van der Waals surface area (Å²) in [5, 5.41) is 3.41. The fraction of sp³-hybridized carbons (Fsp3) is 0.750. The first-order valence-corrected chi connectivity index (χ1v) is 8.09. The summed E-state index contributed by atoms with van der Waals surface area (Å²) >= 11 is 3.74. The van der Waals surface area contributed by atoms with Crippen molar-refractivity contribution >= 4 is 23.1 Å². The molecule has 0 amide bonds. The average molecular weight is 256 g/mol. The summed E-state index contributed by atoms with van der Waals surface area (Å²) in [6.07, 6.45) is 5.97. The maximum Gasteiger partial charge on any atom is 0.103 e. The van der Waals surface area contributed by atoms with E-state index in [1.54, 1.807) is 11.3 Å². The first-order valence-electron chi connectivity index (χ1n) is 6.06. The molecule has 0 atom stereocenters. The summed E-state index contributed by atoms with van der Waals surface area (Å²) in [4.78, 5) is 4.71. The molecule has 1 saturated carbocycles. The molecule has 1 aromatic rings. The van der Waals surface area contributed by atoms with Crippen molar-refractivity contribution in [1.29, 1.82) is 0 Å². The topological polar surface area (TPSA) is 38.9 Å². The molecule has 90 valence electrons. The van der Waals surface area contributed by atoms with E-state index in [0.29, 0.717) is 0 Å². The molecule has 0 aliphatic heterocycles. The number of nitrogens with two attached hydrogens (primary N) is 1. The molecule has 0 aromatic carbocycles. The van der Waals surface area contributed by atoms with Crippen molar-refractivity contribution in [3.05, 3.63) is 16.1 Å². The monoisotopic (exact) mass is 256 g/mol. The van der Waals surface area contributed by atoms with E-state index >= 15 is 0 Å². The van der Waals surface area contributed by atoms with Crippen LogP contribution in [0.5, 0.6) is 0 Å². The largest absolute Gasteiger partial charge is 0.320 e. The minimum atomic E-state index is -0.107. The van der Waals surface area contributed by atoms with Crippen molar-refractivity contribution in [2.75, 3.05) is 5.75 Å². The second-order valence-electron chi connectivity index (χ2n) is 4.54. The summed E-state index contributed by atoms with van der Waals surface area (Å²) in [7, 11) is 0. The highest BCUT2D eigenvalue weighted by Gasteiger charge is 2.33. The van der Waals surface area contributed by atoms with Gasteiger partial charge in [-0.05, 0) is 25.0 Å². The van der Waals surface area contributed by atoms with Crippen LogP contribution >= 0.6 is 23.1 Å². The minimum Gasteiger partial charge on any atom is -0.320 e. The Kier molecular flexibility index (Phi) is 4.27. The highest BCUT2D eigenvalue weighted by molar-refractivity contribution is 7.98. The highest BCUT2D eigenvalue weighted by Crippen LogP contribution is 2.36. The van der Waals surface area contributed by atoms with E-state index in [-0.39, 0.29) is 5.54 Å². The lowest BCUT2D eigenvalue weighted by molar-refractivity contribution is 0.449. The smallest absolute Gasteiger partial charge is 0.103 e. The van der Waals surface area contributed by atoms with Crippen molar-refractivity contribution < 1.29 is 0 Å². The molecule has 0 saturated heterocycles. The van der Waals surface area contributed by atoms with Gasteiger partial charge in [-0.2, -0.15) is 11.8 Å². The quantitative estimate of drug-likeness (QED) is 0.819. The Balaban J connectivity index is 1.96. The van der Waals surface area contributed by atoms with Gasteiger partial charge in [-0.1, -0.05) is 19.8 Å². The molecule has 0 bridgehead atoms. The summed E-state index contributed by atoms with van der Waals surface area (Å²) in [5.74, 6) is 2.28. The molecule has 0 spiro atoms. The van der Waals surface area contributed by atoms with Crippen LogP contribution in [0.4, 0.5) is 0 Å². The van der Waals surface area contributed by atoms with Crippen LogP contribution in [-0.4, -0.2) is 10.7 Å². The lowest BCUT2D eigenvalue weighted by Crippen LogP contribution is -2.33. The number of aromatic nitrogens is 1. The zero-order valence-corrected chi connectivity index (χ0v) is 11.5. The summed E-state index contributed by atoms with van der Waals surface area (Å²) in [5.41, 5.74) is 7.42. The first kappa shape index (κ1) is 12.4. The molecule has 2 nitrogen and oxygen atoms in total. The Morgan fingerprint density at radius 1 is 1.50 bits per heavy atom. The van der Waals surface area contributed by atoms with Crippen LogP contribution < -0.4 is 5.73 Å². The Bertz CT molecular complexity index is 330. The van der Waals surface area contributed by atoms with Gasteiger partial charge in [0.1, 0.15) is 5.01 Å². The molecule has 4 heteroatoms. The molecule has 16 heavy (non-hydrogen) atoms. The van der Waals surface area contributed by atoms with Gasteiger partial charge in [0.05, 0.1) is 11.2 Å². The van der Waals surface area contributed by atoms with Crippen molar-refractivity contribution in [3.8, 4) is 0 Å². The number of thioether (sulfide) groups is 1. The Morgan fingerprint density at radius 2 is 2.25 bits per heavy atom. The van der Waals surface area contributed by atoms with Crippen LogP contribution in [0, 0.1) is 0 Å². The van der Waals surface area contributed by atoms with Crippen molar-refractivity contribution in [3.63, 3.8) is 0 Å². The van der Waals surface area contributed by atoms with E-state index in [1.807, 2.05) is 11.8 Å². The molecular weight excluding hydrogens is 236 g/mol. The number of thiazole rings is 1. The van der Waals surface area contributed by atoms with Gasteiger partial charge < -0.3 is 5.73 Å². The van der Waals surface area contributed by atoms with Crippen molar-refractivity contribution in [1.82, 2.24) is 4.98 Å². The Hall–Kier alpha value is -0.0600. The average Bonchev–Trinajstić information content (AvgIpc) is 2.88. The molecule has 0 radical (unpaired) electrons. The fourth-order valence-corrected chi connectivity index (χ4v) is 4.05. The molecule has 1 aromatic heterocycles. The van der Waals surface area contributed by atoms with E-state index < -0.39 is 0 Å². The molecule has 1 heterocycles. The zero-order valence-electron chi connectivity index (χ0n) is 9.87. The van der Waals surface area contributed by atoms with Gasteiger partial charge >= 0.3 is 0 Å². The van der Waals surface area contributed by atoms with E-state index in [2.05, 4.69) is 12.3 Å². The van der Waals surface area contributed by atoms with Crippen LogP contribution in [-0.2, 0) is 11.3 Å². The van der Waals surface area contributed by atoms with Crippen LogP contribution in [0.3, 0.4) is 0 Å². The fourth-order valence-electron chi connectivity index (χ4n) is 2.17. The van der Waals surface area contributed by atoms with Crippen molar-refractivity contribution in [2.24, 2.45) is 5.73 Å². The third-order valence-corrected chi connectivity index (χ3v) is 5.34. The zero-order chi connectivity index (χ0) is 11.4. The third-order valence-electron chi connectivity index (χ3n) is 3.13. The number of hydrogen-bond donors (Lipinski definition) is 1. The van der Waals surface area contributed by atoms with Gasteiger partial charge in [-0.25, -0.2) is 4.98 Å². The van der Waals surface area contributed by atoms with E-state index in [1.165, 1.54) is 30.0 Å². The predicted octanol–water partition coefficient (Wildman–Crippen LogP) is 3.51. The van der Waals surface area contributed by atoms with Gasteiger partial charge in [0.2, 0.25) is 0 Å². The lowest BCUT2D eigenvalue weighted by atomic mass is 9.96. The summed E-state index contributed by atoms with van der Waals surface area (Å²) < 4.78 is 0. The number of nitrogens with zero attached hydrogens (tertiary/aromatic N) is 1. The molecular formula is C12H20N2S2. The van der Waals surface area contributed by atoms with Crippen molar-refractivity contribution in [2.45, 2.75) is 50.3 Å². The van der Waals surface area contributed by atoms with Gasteiger partial charge in [0.25, 0.3) is 0 Å². The van der Waals surface area contributed by atoms with E-state index in [0.717, 1.165) is 24.3 Å². The standard InChI is InChI=1S/C12H20N2S2/c1-2-7-15-9-11-14-10(8-16-11)12(13)5-3-4-6-12/h8H,2-7,9,13H2,1H3. The molecule has 2 N–H and O–H groups in total. The Morgan fingerprint density at radius 3 is 2.94 bits per heavy atom. The molecule has 0 unspecified atom stereocenters. The highest BCUT2D eigenvalue weighted by atomic mass is 32.2. The number of hydrogen-bond acceptors (Lipinski definition) is 4. The van der Waals surface area contributed by atoms with Gasteiger partial charge in [0.15, 0.2) is 0 Å². The molecule has 2 rings (SSSR count). The summed E-state index contributed by atoms with van der Waals surface area (Å²) in [6, 6.07) is 0. The van der Waals surface area contributed by atoms with Crippen LogP contribution in [0.1, 0.15) is 49.7 Å². The van der Waals surface area contributed by atoms with E-state index in [4.69, 9.17) is 10.7 Å². The normalized spacial score (nSPS) is 19.1. The van der Waals surface area contributed by atoms with Gasteiger partial charge in [-0.3, -0.25) is 0 Å². The van der Waals surface area contributed by atoms with Gasteiger partial charge in [-0.15, -0.1) is 11.3 Å². The van der Waals surface area contributed by atoms with Crippen LogP contribution in [0.2, 0.25) is 0 Å². The predicted molar refractivity (Wildman–Crippen MR) is 72.9 cm³/mol. The first-order chi connectivity index (χ1) is 7.74. The molecule has 1 aliphatic rings. The lowest BCUT2D eigenvalue weighted by Gasteiger charge is -2.20. The number of rotatable bonds is 5. The van der Waals surface area contributed by atoms with Crippen LogP contribution in [0.25, 0.3) is 0 Å². The van der Waals surface area contributed by atoms with E-state index in [9.17, 15) is 0 Å². The minimum absolute atomic E-state index is 0.107. The maximum absolute atomic E-state index is 6.39. The maximum atomic E-state index is 6.39. The molecule has 1 aliphatic carbocycles. The Labute approximate surface area is 106 Å². The van der Waals surface area contributed by atoms with Gasteiger partial charge in [0, 0.05) is 11.1 Å². The summed E-state index contributed by atoms with van der Waals surface area (Å²) in [6.45, 7) is 2.22. The second-order valence-corrected chi connectivity index (χ2v) is 6.59. The third kappa shape index (κ3) is 2.79. The molecule has 1 fully saturated rings. The SMILES string of the molecule is CCCSCc1nc(C2(N)CCCC2)cs1. The van der Waals surface area contributed by atoms with Crippen LogP contribution in [0.15, 0.2) is 5.38 Å².